The molecule has 0 amide bonds. The summed E-state index contributed by atoms with van der Waals surface area (Å²) >= 11 is 0. The molecule has 0 aromatic carbocycles. The van der Waals surface area contributed by atoms with Crippen molar-refractivity contribution >= 4 is 5.97 Å². The number of ether oxygens (including phenoxy) is 3. The highest BCUT2D eigenvalue weighted by atomic mass is 16.7. The quantitative estimate of drug-likeness (QED) is 0.392. The summed E-state index contributed by atoms with van der Waals surface area (Å²) in [4.78, 5) is 11.4. The lowest BCUT2D eigenvalue weighted by atomic mass is 10.2. The van der Waals surface area contributed by atoms with E-state index in [2.05, 4.69) is 0 Å². The molecule has 0 N–H and O–H groups in total. The fourth-order valence-corrected chi connectivity index (χ4v) is 1.17. The van der Waals surface area contributed by atoms with E-state index in [-0.39, 0.29) is 12.3 Å². The van der Waals surface area contributed by atoms with Crippen LogP contribution in [-0.2, 0) is 19.0 Å². The van der Waals surface area contributed by atoms with Gasteiger partial charge in [0.1, 0.15) is 5.60 Å². The highest BCUT2D eigenvalue weighted by Crippen LogP contribution is 2.08. The first-order valence-electron chi connectivity index (χ1n) is 6.01. The predicted molar refractivity (Wildman–Crippen MR) is 66.6 cm³/mol. The fourth-order valence-electron chi connectivity index (χ4n) is 1.17. The van der Waals surface area contributed by atoms with Crippen molar-refractivity contribution in [2.75, 3.05) is 13.2 Å². The number of hydrogen-bond acceptors (Lipinski definition) is 4. The van der Waals surface area contributed by atoms with E-state index in [1.165, 1.54) is 6.08 Å². The van der Waals surface area contributed by atoms with Gasteiger partial charge in [-0.3, -0.25) is 0 Å². The first kappa shape index (κ1) is 16.1. The molecule has 100 valence electrons. The van der Waals surface area contributed by atoms with Gasteiger partial charge < -0.3 is 14.2 Å². The summed E-state index contributed by atoms with van der Waals surface area (Å²) in [5.41, 5.74) is -0.458. The average molecular weight is 244 g/mol. The largest absolute Gasteiger partial charge is 0.457 e. The smallest absolute Gasteiger partial charge is 0.330 e. The van der Waals surface area contributed by atoms with Crippen LogP contribution in [0, 0.1) is 0 Å². The molecule has 4 nitrogen and oxygen atoms in total. The molecule has 0 bridgehead atoms. The molecule has 17 heavy (non-hydrogen) atoms. The zero-order valence-corrected chi connectivity index (χ0v) is 11.5. The second kappa shape index (κ2) is 8.25. The topological polar surface area (TPSA) is 44.8 Å². The van der Waals surface area contributed by atoms with Crippen LogP contribution in [0.15, 0.2) is 12.2 Å². The maximum atomic E-state index is 11.4. The van der Waals surface area contributed by atoms with Crippen molar-refractivity contribution in [3.05, 3.63) is 12.2 Å². The van der Waals surface area contributed by atoms with Gasteiger partial charge in [-0.1, -0.05) is 6.08 Å². The monoisotopic (exact) mass is 244 g/mol. The van der Waals surface area contributed by atoms with Crippen LogP contribution in [0.25, 0.3) is 0 Å². The van der Waals surface area contributed by atoms with Gasteiger partial charge in [0, 0.05) is 25.7 Å². The molecule has 0 aliphatic heterocycles. The van der Waals surface area contributed by atoms with Crippen LogP contribution >= 0.6 is 0 Å². The summed E-state index contributed by atoms with van der Waals surface area (Å²) in [6.07, 6.45) is 3.38. The summed E-state index contributed by atoms with van der Waals surface area (Å²) in [6.45, 7) is 10.5. The minimum Gasteiger partial charge on any atom is -0.457 e. The van der Waals surface area contributed by atoms with E-state index in [0.717, 1.165) is 0 Å². The van der Waals surface area contributed by atoms with Gasteiger partial charge in [0.05, 0.1) is 0 Å². The Morgan fingerprint density at radius 1 is 1.18 bits per heavy atom. The number of carbonyl (C=O) groups excluding carboxylic acids is 1. The van der Waals surface area contributed by atoms with Crippen molar-refractivity contribution in [2.24, 2.45) is 0 Å². The molecule has 0 spiro atoms. The summed E-state index contributed by atoms with van der Waals surface area (Å²) < 4.78 is 15.8. The number of carbonyl (C=O) groups is 1. The standard InChI is InChI=1S/C13H24O4/c1-6-15-12(16-7-2)10-8-9-11(14)17-13(3,4)5/h8-9,12H,6-7,10H2,1-5H3/b9-8+. The molecule has 0 saturated heterocycles. The normalized spacial score (nSPS) is 12.4. The second-order valence-electron chi connectivity index (χ2n) is 4.51. The van der Waals surface area contributed by atoms with Crippen molar-refractivity contribution in [1.29, 1.82) is 0 Å². The van der Waals surface area contributed by atoms with Crippen molar-refractivity contribution in [1.82, 2.24) is 0 Å². The summed E-state index contributed by atoms with van der Waals surface area (Å²) in [7, 11) is 0. The van der Waals surface area contributed by atoms with Crippen LogP contribution in [-0.4, -0.2) is 31.1 Å². The number of hydrogen-bond donors (Lipinski definition) is 0. The molecular formula is C13H24O4. The van der Waals surface area contributed by atoms with Crippen molar-refractivity contribution in [3.8, 4) is 0 Å². The Hall–Kier alpha value is -0.870. The van der Waals surface area contributed by atoms with Crippen molar-refractivity contribution in [3.63, 3.8) is 0 Å². The van der Waals surface area contributed by atoms with Gasteiger partial charge in [-0.15, -0.1) is 0 Å². The Bertz CT molecular complexity index is 234. The first-order chi connectivity index (χ1) is 7.89. The SMILES string of the molecule is CCOC(C/C=C/C(=O)OC(C)(C)C)OCC. The van der Waals surface area contributed by atoms with E-state index >= 15 is 0 Å². The molecular weight excluding hydrogens is 220 g/mol. The van der Waals surface area contributed by atoms with Gasteiger partial charge >= 0.3 is 5.97 Å². The molecule has 0 aliphatic rings. The molecule has 0 saturated carbocycles. The van der Waals surface area contributed by atoms with Gasteiger partial charge in [0.25, 0.3) is 0 Å². The molecule has 4 heteroatoms. The molecule has 0 aromatic heterocycles. The third-order valence-corrected chi connectivity index (χ3v) is 1.69. The van der Waals surface area contributed by atoms with Crippen LogP contribution in [0.1, 0.15) is 41.0 Å². The number of rotatable bonds is 7. The van der Waals surface area contributed by atoms with Crippen LogP contribution < -0.4 is 0 Å². The fraction of sp³-hybridized carbons (Fsp3) is 0.769. The zero-order chi connectivity index (χ0) is 13.3. The van der Waals surface area contributed by atoms with Gasteiger partial charge in [0.2, 0.25) is 0 Å². The first-order valence-corrected chi connectivity index (χ1v) is 6.01. The Balaban J connectivity index is 4.01. The van der Waals surface area contributed by atoms with Crippen LogP contribution in [0.2, 0.25) is 0 Å². The summed E-state index contributed by atoms with van der Waals surface area (Å²) in [5.74, 6) is -0.343. The highest BCUT2D eigenvalue weighted by Gasteiger charge is 2.14. The number of esters is 1. The highest BCUT2D eigenvalue weighted by molar-refractivity contribution is 5.82. The Labute approximate surface area is 104 Å². The molecule has 0 fully saturated rings. The average Bonchev–Trinajstić information content (AvgIpc) is 2.15. The van der Waals surface area contributed by atoms with Gasteiger partial charge in [0.15, 0.2) is 6.29 Å². The van der Waals surface area contributed by atoms with E-state index in [1.54, 1.807) is 6.08 Å². The van der Waals surface area contributed by atoms with E-state index in [1.807, 2.05) is 34.6 Å². The van der Waals surface area contributed by atoms with Gasteiger partial charge in [-0.05, 0) is 34.6 Å². The minimum atomic E-state index is -0.458. The molecule has 0 radical (unpaired) electrons. The van der Waals surface area contributed by atoms with Crippen molar-refractivity contribution < 1.29 is 19.0 Å². The molecule has 0 heterocycles. The van der Waals surface area contributed by atoms with Crippen molar-refractivity contribution in [2.45, 2.75) is 52.9 Å². The Kier molecular flexibility index (Phi) is 7.83. The lowest BCUT2D eigenvalue weighted by Crippen LogP contribution is -2.22. The lowest BCUT2D eigenvalue weighted by Gasteiger charge is -2.18. The second-order valence-corrected chi connectivity index (χ2v) is 4.51. The predicted octanol–water partition coefficient (Wildman–Crippen LogP) is 2.67. The molecule has 0 aliphatic carbocycles. The molecule has 0 unspecified atom stereocenters. The third kappa shape index (κ3) is 10.0. The summed E-state index contributed by atoms with van der Waals surface area (Å²) in [5, 5.41) is 0. The maximum absolute atomic E-state index is 11.4. The summed E-state index contributed by atoms with van der Waals surface area (Å²) in [6, 6.07) is 0. The lowest BCUT2D eigenvalue weighted by molar-refractivity contribution is -0.148. The maximum Gasteiger partial charge on any atom is 0.330 e. The Morgan fingerprint density at radius 3 is 2.12 bits per heavy atom. The van der Waals surface area contributed by atoms with Crippen LogP contribution in [0.3, 0.4) is 0 Å². The molecule has 0 rings (SSSR count). The van der Waals surface area contributed by atoms with E-state index in [0.29, 0.717) is 19.6 Å². The van der Waals surface area contributed by atoms with E-state index in [4.69, 9.17) is 14.2 Å². The zero-order valence-electron chi connectivity index (χ0n) is 11.5. The van der Waals surface area contributed by atoms with Crippen LogP contribution in [0.4, 0.5) is 0 Å². The van der Waals surface area contributed by atoms with Crippen LogP contribution in [0.5, 0.6) is 0 Å². The third-order valence-electron chi connectivity index (χ3n) is 1.69. The molecule has 0 aromatic rings. The Morgan fingerprint density at radius 2 is 1.71 bits per heavy atom. The van der Waals surface area contributed by atoms with E-state index < -0.39 is 5.60 Å². The van der Waals surface area contributed by atoms with Gasteiger partial charge in [-0.25, -0.2) is 4.79 Å². The van der Waals surface area contributed by atoms with Gasteiger partial charge in [-0.2, -0.15) is 0 Å². The van der Waals surface area contributed by atoms with E-state index in [9.17, 15) is 4.79 Å². The minimum absolute atomic E-state index is 0.288. The molecule has 0 atom stereocenters.